The Morgan fingerprint density at radius 1 is 1.33 bits per heavy atom. The van der Waals surface area contributed by atoms with Crippen molar-refractivity contribution in [2.24, 2.45) is 0 Å². The van der Waals surface area contributed by atoms with Crippen molar-refractivity contribution in [3.8, 4) is 0 Å². The monoisotopic (exact) mass is 376 g/mol. The van der Waals surface area contributed by atoms with Crippen LogP contribution in [0.5, 0.6) is 0 Å². The molecule has 0 spiro atoms. The molecule has 0 aliphatic heterocycles. The molecule has 0 fully saturated rings. The molecule has 0 bridgehead atoms. The molecule has 24 heavy (non-hydrogen) atoms. The smallest absolute Gasteiger partial charge is 0.263 e. The van der Waals surface area contributed by atoms with E-state index in [9.17, 15) is 4.79 Å². The second kappa shape index (κ2) is 7.55. The Morgan fingerprint density at radius 3 is 2.79 bits per heavy atom. The standard InChI is InChI=1S/C18H17ClN2OS2/c1-12(11-23-13-6-4-3-5-7-13)21(2)18(22)16-8-14-15(19)9-20-10-17(14)24-16/h3-10,12H,11H2,1-2H3. The van der Waals surface area contributed by atoms with Crippen LogP contribution in [-0.4, -0.2) is 34.6 Å². The van der Waals surface area contributed by atoms with Crippen molar-refractivity contribution in [3.05, 3.63) is 58.7 Å². The van der Waals surface area contributed by atoms with Crippen LogP contribution in [0.15, 0.2) is 53.7 Å². The molecule has 3 rings (SSSR count). The van der Waals surface area contributed by atoms with Crippen molar-refractivity contribution >= 4 is 50.7 Å². The normalized spacial score (nSPS) is 12.3. The highest BCUT2D eigenvalue weighted by Crippen LogP contribution is 2.31. The number of rotatable bonds is 5. The molecule has 0 saturated carbocycles. The Kier molecular flexibility index (Phi) is 5.43. The summed E-state index contributed by atoms with van der Waals surface area (Å²) in [6, 6.07) is 12.2. The van der Waals surface area contributed by atoms with Gasteiger partial charge in [-0.3, -0.25) is 9.78 Å². The lowest BCUT2D eigenvalue weighted by molar-refractivity contribution is 0.0762. The SMILES string of the molecule is CC(CSc1ccccc1)N(C)C(=O)c1cc2c(Cl)cncc2s1. The minimum Gasteiger partial charge on any atom is -0.337 e. The first kappa shape index (κ1) is 17.3. The summed E-state index contributed by atoms with van der Waals surface area (Å²) in [6.45, 7) is 2.07. The van der Waals surface area contributed by atoms with Gasteiger partial charge in [-0.05, 0) is 25.1 Å². The van der Waals surface area contributed by atoms with Gasteiger partial charge in [-0.25, -0.2) is 0 Å². The van der Waals surface area contributed by atoms with E-state index in [1.807, 2.05) is 31.3 Å². The van der Waals surface area contributed by atoms with Crippen molar-refractivity contribution in [1.82, 2.24) is 9.88 Å². The predicted octanol–water partition coefficient (Wildman–Crippen LogP) is 5.20. The molecule has 124 valence electrons. The Hall–Kier alpha value is -1.56. The summed E-state index contributed by atoms with van der Waals surface area (Å²) in [5, 5.41) is 1.47. The van der Waals surface area contributed by atoms with Crippen molar-refractivity contribution in [2.45, 2.75) is 17.9 Å². The van der Waals surface area contributed by atoms with E-state index in [-0.39, 0.29) is 11.9 Å². The molecule has 2 aromatic heterocycles. The quantitative estimate of drug-likeness (QED) is 0.573. The Morgan fingerprint density at radius 2 is 2.08 bits per heavy atom. The van der Waals surface area contributed by atoms with E-state index in [1.54, 1.807) is 29.1 Å². The van der Waals surface area contributed by atoms with Gasteiger partial charge in [-0.1, -0.05) is 29.8 Å². The first-order chi connectivity index (χ1) is 11.6. The third-order valence-corrected chi connectivity index (χ3v) is 6.44. The van der Waals surface area contributed by atoms with Crippen LogP contribution in [0.4, 0.5) is 0 Å². The molecule has 1 atom stereocenters. The highest BCUT2D eigenvalue weighted by molar-refractivity contribution is 7.99. The van der Waals surface area contributed by atoms with Crippen molar-refractivity contribution in [3.63, 3.8) is 0 Å². The maximum absolute atomic E-state index is 12.7. The fourth-order valence-corrected chi connectivity index (χ4v) is 4.57. The molecule has 3 aromatic rings. The zero-order valence-corrected chi connectivity index (χ0v) is 15.8. The molecule has 3 nitrogen and oxygen atoms in total. The van der Waals surface area contributed by atoms with Crippen LogP contribution in [0.3, 0.4) is 0 Å². The Labute approximate surface area is 154 Å². The number of carbonyl (C=O) groups excluding carboxylic acids is 1. The topological polar surface area (TPSA) is 33.2 Å². The number of nitrogens with zero attached hydrogens (tertiary/aromatic N) is 2. The number of halogens is 1. The minimum atomic E-state index is 0.0217. The summed E-state index contributed by atoms with van der Waals surface area (Å²) in [6.07, 6.45) is 3.35. The van der Waals surface area contributed by atoms with Gasteiger partial charge in [0.2, 0.25) is 0 Å². The van der Waals surface area contributed by atoms with E-state index in [1.165, 1.54) is 16.2 Å². The van der Waals surface area contributed by atoms with Gasteiger partial charge in [0.1, 0.15) is 0 Å². The van der Waals surface area contributed by atoms with Crippen LogP contribution < -0.4 is 0 Å². The fraction of sp³-hybridized carbons (Fsp3) is 0.222. The van der Waals surface area contributed by atoms with Gasteiger partial charge in [-0.15, -0.1) is 23.1 Å². The van der Waals surface area contributed by atoms with E-state index >= 15 is 0 Å². The zero-order valence-electron chi connectivity index (χ0n) is 13.4. The minimum absolute atomic E-state index is 0.0217. The molecule has 2 heterocycles. The summed E-state index contributed by atoms with van der Waals surface area (Å²) in [4.78, 5) is 20.5. The summed E-state index contributed by atoms with van der Waals surface area (Å²) < 4.78 is 0.936. The van der Waals surface area contributed by atoms with Crippen LogP contribution in [-0.2, 0) is 0 Å². The van der Waals surface area contributed by atoms with Gasteiger partial charge in [0.15, 0.2) is 0 Å². The van der Waals surface area contributed by atoms with E-state index in [4.69, 9.17) is 11.6 Å². The van der Waals surface area contributed by atoms with Crippen molar-refractivity contribution in [2.75, 3.05) is 12.8 Å². The molecule has 0 radical (unpaired) electrons. The third kappa shape index (κ3) is 3.74. The lowest BCUT2D eigenvalue weighted by atomic mass is 10.2. The first-order valence-corrected chi connectivity index (χ1v) is 9.72. The van der Waals surface area contributed by atoms with E-state index in [0.29, 0.717) is 9.90 Å². The predicted molar refractivity (Wildman–Crippen MR) is 103 cm³/mol. The van der Waals surface area contributed by atoms with Gasteiger partial charge in [-0.2, -0.15) is 0 Å². The number of thioether (sulfide) groups is 1. The van der Waals surface area contributed by atoms with Crippen molar-refractivity contribution < 1.29 is 4.79 Å². The van der Waals surface area contributed by atoms with Gasteiger partial charge >= 0.3 is 0 Å². The second-order valence-corrected chi connectivity index (χ2v) is 8.12. The maximum Gasteiger partial charge on any atom is 0.263 e. The number of thiophene rings is 1. The molecule has 1 aromatic carbocycles. The molecule has 0 aliphatic rings. The summed E-state index contributed by atoms with van der Waals surface area (Å²) in [5.74, 6) is 0.868. The van der Waals surface area contributed by atoms with Gasteiger partial charge in [0, 0.05) is 41.5 Å². The van der Waals surface area contributed by atoms with Crippen LogP contribution >= 0.6 is 34.7 Å². The lowest BCUT2D eigenvalue weighted by Crippen LogP contribution is -2.36. The average Bonchev–Trinajstić information content (AvgIpc) is 3.05. The average molecular weight is 377 g/mol. The third-order valence-electron chi connectivity index (χ3n) is 3.82. The molecule has 0 N–H and O–H groups in total. The summed E-state index contributed by atoms with van der Waals surface area (Å²) in [7, 11) is 1.85. The summed E-state index contributed by atoms with van der Waals surface area (Å²) >= 11 is 9.34. The maximum atomic E-state index is 12.7. The van der Waals surface area contributed by atoms with Crippen LogP contribution in [0, 0.1) is 0 Å². The highest BCUT2D eigenvalue weighted by atomic mass is 35.5. The molecular weight excluding hydrogens is 360 g/mol. The number of carbonyl (C=O) groups is 1. The van der Waals surface area contributed by atoms with Crippen molar-refractivity contribution in [1.29, 1.82) is 0 Å². The largest absolute Gasteiger partial charge is 0.337 e. The first-order valence-electron chi connectivity index (χ1n) is 7.54. The molecule has 1 amide bonds. The van der Waals surface area contributed by atoms with Crippen LogP contribution in [0.2, 0.25) is 5.02 Å². The number of amides is 1. The molecule has 1 unspecified atom stereocenters. The van der Waals surface area contributed by atoms with Crippen LogP contribution in [0.25, 0.3) is 10.1 Å². The van der Waals surface area contributed by atoms with Gasteiger partial charge in [0.05, 0.1) is 14.6 Å². The summed E-state index contributed by atoms with van der Waals surface area (Å²) in [5.41, 5.74) is 0. The van der Waals surface area contributed by atoms with Gasteiger partial charge in [0.25, 0.3) is 5.91 Å². The van der Waals surface area contributed by atoms with E-state index in [2.05, 4.69) is 24.0 Å². The molecule has 6 heteroatoms. The number of benzene rings is 1. The van der Waals surface area contributed by atoms with Crippen LogP contribution in [0.1, 0.15) is 16.6 Å². The molecule has 0 aliphatic carbocycles. The molecular formula is C18H17ClN2OS2. The fourth-order valence-electron chi connectivity index (χ4n) is 2.25. The van der Waals surface area contributed by atoms with E-state index in [0.717, 1.165) is 15.8 Å². The lowest BCUT2D eigenvalue weighted by Gasteiger charge is -2.24. The number of hydrogen-bond acceptors (Lipinski definition) is 4. The van der Waals surface area contributed by atoms with E-state index < -0.39 is 0 Å². The second-order valence-electron chi connectivity index (χ2n) is 5.53. The number of pyridine rings is 1. The highest BCUT2D eigenvalue weighted by Gasteiger charge is 2.20. The van der Waals surface area contributed by atoms with Gasteiger partial charge < -0.3 is 4.90 Å². The number of fused-ring (bicyclic) bond motifs is 1. The number of hydrogen-bond donors (Lipinski definition) is 0. The molecule has 0 saturated heterocycles. The zero-order chi connectivity index (χ0) is 17.1. The Bertz CT molecular complexity index is 851. The Balaban J connectivity index is 1.69. The number of aromatic nitrogens is 1.